The highest BCUT2D eigenvalue weighted by molar-refractivity contribution is 6.33. The molecular formula is C22H19Cl2N5O3. The highest BCUT2D eigenvalue weighted by atomic mass is 35.5. The monoisotopic (exact) mass is 471 g/mol. The van der Waals surface area contributed by atoms with Crippen molar-refractivity contribution < 1.29 is 9.72 Å². The van der Waals surface area contributed by atoms with Gasteiger partial charge < -0.3 is 9.88 Å². The number of aryl methyl sites for hydroxylation is 1. The Kier molecular flexibility index (Phi) is 6.53. The van der Waals surface area contributed by atoms with E-state index in [1.807, 2.05) is 0 Å². The van der Waals surface area contributed by atoms with Gasteiger partial charge in [0.25, 0.3) is 5.69 Å². The van der Waals surface area contributed by atoms with Crippen molar-refractivity contribution in [2.45, 2.75) is 32.2 Å². The minimum atomic E-state index is -0.569. The smallest absolute Gasteiger partial charge is 0.288 e. The number of carbonyl (C=O) groups excluding carboxylic acids is 1. The number of benzene rings is 2. The molecule has 1 aliphatic heterocycles. The van der Waals surface area contributed by atoms with E-state index in [-0.39, 0.29) is 10.7 Å². The summed E-state index contributed by atoms with van der Waals surface area (Å²) in [4.78, 5) is 22.9. The summed E-state index contributed by atoms with van der Waals surface area (Å²) < 4.78 is 2.09. The van der Waals surface area contributed by atoms with Gasteiger partial charge in [-0.15, -0.1) is 10.2 Å². The zero-order valence-electron chi connectivity index (χ0n) is 16.9. The third-order valence-electron chi connectivity index (χ3n) is 5.18. The number of nitro groups is 1. The van der Waals surface area contributed by atoms with Crippen LogP contribution in [0.5, 0.6) is 0 Å². The Bertz CT molecular complexity index is 1220. The van der Waals surface area contributed by atoms with Gasteiger partial charge in [-0.1, -0.05) is 35.7 Å². The van der Waals surface area contributed by atoms with E-state index in [0.717, 1.165) is 38.1 Å². The molecule has 0 bridgehead atoms. The molecule has 164 valence electrons. The van der Waals surface area contributed by atoms with Crippen LogP contribution in [0.25, 0.3) is 17.5 Å². The molecule has 10 heteroatoms. The number of halogens is 2. The van der Waals surface area contributed by atoms with Crippen LogP contribution in [0.3, 0.4) is 0 Å². The van der Waals surface area contributed by atoms with E-state index in [4.69, 9.17) is 23.2 Å². The maximum Gasteiger partial charge on any atom is 0.288 e. The Morgan fingerprint density at radius 1 is 1.09 bits per heavy atom. The number of carbonyl (C=O) groups is 1. The predicted octanol–water partition coefficient (Wildman–Crippen LogP) is 5.54. The number of hydrogen-bond acceptors (Lipinski definition) is 5. The van der Waals surface area contributed by atoms with E-state index in [1.54, 1.807) is 24.3 Å². The average Bonchev–Trinajstić information content (AvgIpc) is 3.01. The predicted molar refractivity (Wildman–Crippen MR) is 124 cm³/mol. The summed E-state index contributed by atoms with van der Waals surface area (Å²) in [5.41, 5.74) is 1.51. The standard InChI is InChI=1S/C22H19Cl2N5O3/c23-17-9-7-15(13-16(17)22-27-26-20-4-2-1-3-11-28(20)22)25-21(30)10-6-14-5-8-18(24)19(12-14)29(31)32/h5-10,12-13H,1-4,11H2,(H,25,30)/b10-6+. The third kappa shape index (κ3) is 4.81. The minimum Gasteiger partial charge on any atom is -0.322 e. The number of aromatic nitrogens is 3. The van der Waals surface area contributed by atoms with Crippen LogP contribution in [-0.4, -0.2) is 25.6 Å². The van der Waals surface area contributed by atoms with E-state index in [0.29, 0.717) is 27.7 Å². The maximum absolute atomic E-state index is 12.4. The van der Waals surface area contributed by atoms with E-state index < -0.39 is 10.8 Å². The van der Waals surface area contributed by atoms with E-state index in [9.17, 15) is 14.9 Å². The van der Waals surface area contributed by atoms with Gasteiger partial charge in [0.15, 0.2) is 5.82 Å². The molecule has 1 aliphatic rings. The first-order chi connectivity index (χ1) is 15.4. The molecule has 2 aromatic carbocycles. The number of fused-ring (bicyclic) bond motifs is 1. The number of nitrogens with one attached hydrogen (secondary N) is 1. The summed E-state index contributed by atoms with van der Waals surface area (Å²) >= 11 is 12.2. The minimum absolute atomic E-state index is 0.0386. The molecule has 1 amide bonds. The van der Waals surface area contributed by atoms with Crippen molar-refractivity contribution >= 4 is 46.6 Å². The number of amides is 1. The van der Waals surface area contributed by atoms with Crippen molar-refractivity contribution in [3.8, 4) is 11.4 Å². The molecule has 32 heavy (non-hydrogen) atoms. The van der Waals surface area contributed by atoms with Crippen LogP contribution in [0.1, 0.15) is 30.7 Å². The summed E-state index contributed by atoms with van der Waals surface area (Å²) in [6.45, 7) is 0.834. The zero-order chi connectivity index (χ0) is 22.7. The van der Waals surface area contributed by atoms with Crippen molar-refractivity contribution in [3.63, 3.8) is 0 Å². The van der Waals surface area contributed by atoms with Crippen molar-refractivity contribution in [2.24, 2.45) is 0 Å². The fourth-order valence-electron chi connectivity index (χ4n) is 3.59. The molecule has 2 heterocycles. The second-order valence-corrected chi connectivity index (χ2v) is 8.20. The lowest BCUT2D eigenvalue weighted by Crippen LogP contribution is -2.08. The van der Waals surface area contributed by atoms with Gasteiger partial charge >= 0.3 is 0 Å². The van der Waals surface area contributed by atoms with Crippen molar-refractivity contribution in [1.82, 2.24) is 14.8 Å². The number of anilines is 1. The average molecular weight is 472 g/mol. The topological polar surface area (TPSA) is 103 Å². The van der Waals surface area contributed by atoms with Crippen molar-refractivity contribution in [3.05, 3.63) is 74.0 Å². The summed E-state index contributed by atoms with van der Waals surface area (Å²) in [5.74, 6) is 1.24. The van der Waals surface area contributed by atoms with Crippen LogP contribution in [0.15, 0.2) is 42.5 Å². The van der Waals surface area contributed by atoms with E-state index in [1.165, 1.54) is 24.3 Å². The third-order valence-corrected chi connectivity index (χ3v) is 5.83. The highest BCUT2D eigenvalue weighted by Gasteiger charge is 2.18. The number of hydrogen-bond donors (Lipinski definition) is 1. The quantitative estimate of drug-likeness (QED) is 0.299. The van der Waals surface area contributed by atoms with Crippen LogP contribution in [-0.2, 0) is 17.8 Å². The Labute approximate surface area is 194 Å². The van der Waals surface area contributed by atoms with Crippen molar-refractivity contribution in [2.75, 3.05) is 5.32 Å². The number of nitro benzene ring substituents is 1. The molecule has 0 fully saturated rings. The molecule has 1 aromatic heterocycles. The van der Waals surface area contributed by atoms with Crippen LogP contribution in [0, 0.1) is 10.1 Å². The number of nitrogens with zero attached hydrogens (tertiary/aromatic N) is 4. The lowest BCUT2D eigenvalue weighted by Gasteiger charge is -2.10. The normalized spacial score (nSPS) is 13.6. The van der Waals surface area contributed by atoms with Gasteiger partial charge in [-0.25, -0.2) is 0 Å². The van der Waals surface area contributed by atoms with Gasteiger partial charge in [-0.2, -0.15) is 0 Å². The van der Waals surface area contributed by atoms with Gasteiger partial charge in [-0.05, 0) is 48.7 Å². The Morgan fingerprint density at radius 2 is 1.91 bits per heavy atom. The highest BCUT2D eigenvalue weighted by Crippen LogP contribution is 2.31. The summed E-state index contributed by atoms with van der Waals surface area (Å²) in [6.07, 6.45) is 6.95. The van der Waals surface area contributed by atoms with E-state index >= 15 is 0 Å². The van der Waals surface area contributed by atoms with E-state index in [2.05, 4.69) is 20.1 Å². The molecule has 0 saturated carbocycles. The molecule has 0 spiro atoms. The van der Waals surface area contributed by atoms with Gasteiger partial charge in [0.2, 0.25) is 5.91 Å². The first-order valence-corrected chi connectivity index (χ1v) is 10.8. The van der Waals surface area contributed by atoms with Gasteiger partial charge in [0.1, 0.15) is 10.8 Å². The molecule has 1 N–H and O–H groups in total. The molecule has 0 aliphatic carbocycles. The maximum atomic E-state index is 12.4. The van der Waals surface area contributed by atoms with Crippen LogP contribution in [0.2, 0.25) is 10.0 Å². The Morgan fingerprint density at radius 3 is 2.72 bits per heavy atom. The first-order valence-electron chi connectivity index (χ1n) is 10.1. The molecule has 8 nitrogen and oxygen atoms in total. The molecule has 0 radical (unpaired) electrons. The lowest BCUT2D eigenvalue weighted by atomic mass is 10.1. The van der Waals surface area contributed by atoms with Gasteiger partial charge in [-0.3, -0.25) is 14.9 Å². The molecule has 3 aromatic rings. The van der Waals surface area contributed by atoms with Gasteiger partial charge in [0.05, 0.1) is 9.95 Å². The summed E-state index contributed by atoms with van der Waals surface area (Å²) in [7, 11) is 0. The Hall–Kier alpha value is -3.23. The molecule has 0 atom stereocenters. The zero-order valence-corrected chi connectivity index (χ0v) is 18.4. The fourth-order valence-corrected chi connectivity index (χ4v) is 3.98. The molecule has 0 unspecified atom stereocenters. The molecular weight excluding hydrogens is 453 g/mol. The van der Waals surface area contributed by atoms with Crippen LogP contribution < -0.4 is 5.32 Å². The first kappa shape index (κ1) is 22.0. The van der Waals surface area contributed by atoms with Crippen LogP contribution in [0.4, 0.5) is 11.4 Å². The fraction of sp³-hybridized carbons (Fsp3) is 0.227. The lowest BCUT2D eigenvalue weighted by molar-refractivity contribution is -0.384. The van der Waals surface area contributed by atoms with Crippen LogP contribution >= 0.6 is 23.2 Å². The second kappa shape index (κ2) is 9.50. The molecule has 4 rings (SSSR count). The van der Waals surface area contributed by atoms with Gasteiger partial charge in [0, 0.05) is 36.4 Å². The number of rotatable bonds is 5. The largest absolute Gasteiger partial charge is 0.322 e. The summed E-state index contributed by atoms with van der Waals surface area (Å²) in [5, 5.41) is 23.0. The Balaban J connectivity index is 1.53. The SMILES string of the molecule is O=C(/C=C/c1ccc(Cl)c([N+](=O)[O-])c1)Nc1ccc(Cl)c(-c2nnc3n2CCCCC3)c1. The summed E-state index contributed by atoms with van der Waals surface area (Å²) in [6, 6.07) is 9.50. The van der Waals surface area contributed by atoms with Crippen molar-refractivity contribution in [1.29, 1.82) is 0 Å². The molecule has 0 saturated heterocycles. The second-order valence-electron chi connectivity index (χ2n) is 7.39.